The molecule has 4 heteroatoms. The molecule has 0 saturated heterocycles. The van der Waals surface area contributed by atoms with E-state index in [0.29, 0.717) is 6.42 Å². The van der Waals surface area contributed by atoms with Gasteiger partial charge in [0.1, 0.15) is 5.82 Å². The second kappa shape index (κ2) is 6.61. The minimum Gasteiger partial charge on any atom is -0.320 e. The van der Waals surface area contributed by atoms with Gasteiger partial charge in [0.05, 0.1) is 10.7 Å². The molecule has 1 N–H and O–H groups in total. The van der Waals surface area contributed by atoms with Gasteiger partial charge in [0.15, 0.2) is 0 Å². The number of aromatic nitrogens is 1. The van der Waals surface area contributed by atoms with E-state index >= 15 is 0 Å². The van der Waals surface area contributed by atoms with Crippen LogP contribution in [0.25, 0.3) is 0 Å². The Morgan fingerprint density at radius 1 is 1.39 bits per heavy atom. The fourth-order valence-corrected chi connectivity index (χ4v) is 2.68. The molecule has 0 aliphatic carbocycles. The zero-order valence-corrected chi connectivity index (χ0v) is 11.3. The van der Waals surface area contributed by atoms with Gasteiger partial charge in [0, 0.05) is 11.8 Å². The van der Waals surface area contributed by atoms with Crippen LogP contribution in [0.15, 0.2) is 29.6 Å². The summed E-state index contributed by atoms with van der Waals surface area (Å²) in [6.45, 7) is 1.01. The number of nitrogens with one attached hydrogen (secondary N) is 1. The van der Waals surface area contributed by atoms with E-state index < -0.39 is 0 Å². The van der Waals surface area contributed by atoms with E-state index in [1.807, 2.05) is 13.1 Å². The van der Waals surface area contributed by atoms with Gasteiger partial charge in [-0.25, -0.2) is 9.37 Å². The third-order valence-corrected chi connectivity index (χ3v) is 3.60. The minimum absolute atomic E-state index is 0.182. The van der Waals surface area contributed by atoms with E-state index in [0.717, 1.165) is 35.7 Å². The third-order valence-electron chi connectivity index (χ3n) is 2.70. The molecule has 18 heavy (non-hydrogen) atoms. The van der Waals surface area contributed by atoms with E-state index in [2.05, 4.69) is 15.7 Å². The Morgan fingerprint density at radius 3 is 3.06 bits per heavy atom. The second-order valence-corrected chi connectivity index (χ2v) is 5.19. The summed E-state index contributed by atoms with van der Waals surface area (Å²) in [7, 11) is 1.95. The van der Waals surface area contributed by atoms with Crippen molar-refractivity contribution in [2.75, 3.05) is 13.6 Å². The van der Waals surface area contributed by atoms with Gasteiger partial charge < -0.3 is 5.32 Å². The molecule has 1 aromatic carbocycles. The Hall–Kier alpha value is -1.26. The van der Waals surface area contributed by atoms with Crippen molar-refractivity contribution in [3.63, 3.8) is 0 Å². The lowest BCUT2D eigenvalue weighted by atomic mass is 10.1. The van der Waals surface area contributed by atoms with Gasteiger partial charge in [-0.2, -0.15) is 0 Å². The van der Waals surface area contributed by atoms with Crippen LogP contribution in [-0.2, 0) is 12.8 Å². The number of aryl methyl sites for hydroxylation is 1. The first kappa shape index (κ1) is 13.2. The SMILES string of the molecule is CNCCCc1csc(Cc2cccc(F)c2)n1. The minimum atomic E-state index is -0.182. The smallest absolute Gasteiger partial charge is 0.123 e. The van der Waals surface area contributed by atoms with Crippen molar-refractivity contribution in [1.29, 1.82) is 0 Å². The quantitative estimate of drug-likeness (QED) is 0.811. The van der Waals surface area contributed by atoms with Crippen molar-refractivity contribution in [3.05, 3.63) is 51.7 Å². The second-order valence-electron chi connectivity index (χ2n) is 4.25. The molecule has 0 unspecified atom stereocenters. The molecular weight excluding hydrogens is 247 g/mol. The summed E-state index contributed by atoms with van der Waals surface area (Å²) in [5.74, 6) is -0.182. The normalized spacial score (nSPS) is 10.8. The van der Waals surface area contributed by atoms with Crippen LogP contribution in [-0.4, -0.2) is 18.6 Å². The van der Waals surface area contributed by atoms with E-state index in [1.165, 1.54) is 6.07 Å². The standard InChI is InChI=1S/C14H17FN2S/c1-16-7-3-6-13-10-18-14(17-13)9-11-4-2-5-12(15)8-11/h2,4-5,8,10,16H,3,6-7,9H2,1H3. The van der Waals surface area contributed by atoms with E-state index in [9.17, 15) is 4.39 Å². The third kappa shape index (κ3) is 3.89. The van der Waals surface area contributed by atoms with Gasteiger partial charge in [-0.1, -0.05) is 12.1 Å². The molecule has 0 spiro atoms. The number of thiazole rings is 1. The molecule has 0 fully saturated rings. The molecule has 1 heterocycles. The van der Waals surface area contributed by atoms with Crippen molar-refractivity contribution < 1.29 is 4.39 Å². The average molecular weight is 264 g/mol. The zero-order chi connectivity index (χ0) is 12.8. The Bertz CT molecular complexity index is 496. The van der Waals surface area contributed by atoms with Crippen LogP contribution >= 0.6 is 11.3 Å². The number of hydrogen-bond acceptors (Lipinski definition) is 3. The van der Waals surface area contributed by atoms with Gasteiger partial charge >= 0.3 is 0 Å². The van der Waals surface area contributed by atoms with Crippen LogP contribution in [0.3, 0.4) is 0 Å². The molecule has 0 radical (unpaired) electrons. The maximum atomic E-state index is 13.1. The maximum Gasteiger partial charge on any atom is 0.123 e. The largest absolute Gasteiger partial charge is 0.320 e. The molecule has 0 amide bonds. The van der Waals surface area contributed by atoms with Gasteiger partial charge in [0.2, 0.25) is 0 Å². The van der Waals surface area contributed by atoms with Crippen LogP contribution in [0.2, 0.25) is 0 Å². The Balaban J connectivity index is 1.94. The highest BCUT2D eigenvalue weighted by Gasteiger charge is 2.04. The van der Waals surface area contributed by atoms with Crippen molar-refractivity contribution in [3.8, 4) is 0 Å². The fraction of sp³-hybridized carbons (Fsp3) is 0.357. The van der Waals surface area contributed by atoms with Gasteiger partial charge in [-0.3, -0.25) is 0 Å². The van der Waals surface area contributed by atoms with E-state index in [1.54, 1.807) is 23.5 Å². The first-order chi connectivity index (χ1) is 8.78. The number of rotatable bonds is 6. The summed E-state index contributed by atoms with van der Waals surface area (Å²) in [4.78, 5) is 4.58. The number of nitrogens with zero attached hydrogens (tertiary/aromatic N) is 1. The topological polar surface area (TPSA) is 24.9 Å². The van der Waals surface area contributed by atoms with Crippen LogP contribution in [0.4, 0.5) is 4.39 Å². The van der Waals surface area contributed by atoms with Crippen molar-refractivity contribution >= 4 is 11.3 Å². The zero-order valence-electron chi connectivity index (χ0n) is 10.4. The molecule has 0 bridgehead atoms. The molecule has 0 aliphatic rings. The fourth-order valence-electron chi connectivity index (χ4n) is 1.81. The van der Waals surface area contributed by atoms with Crippen molar-refractivity contribution in [2.45, 2.75) is 19.3 Å². The van der Waals surface area contributed by atoms with Crippen LogP contribution < -0.4 is 5.32 Å². The highest BCUT2D eigenvalue weighted by atomic mass is 32.1. The monoisotopic (exact) mass is 264 g/mol. The lowest BCUT2D eigenvalue weighted by molar-refractivity contribution is 0.626. The highest BCUT2D eigenvalue weighted by Crippen LogP contribution is 2.16. The molecule has 0 aliphatic heterocycles. The molecule has 96 valence electrons. The summed E-state index contributed by atoms with van der Waals surface area (Å²) in [5.41, 5.74) is 2.12. The van der Waals surface area contributed by atoms with Gasteiger partial charge in [-0.15, -0.1) is 11.3 Å². The molecule has 2 rings (SSSR count). The summed E-state index contributed by atoms with van der Waals surface area (Å²) in [6.07, 6.45) is 2.81. The number of halogens is 1. The van der Waals surface area contributed by atoms with Crippen molar-refractivity contribution in [2.24, 2.45) is 0 Å². The van der Waals surface area contributed by atoms with Crippen LogP contribution in [0.5, 0.6) is 0 Å². The molecule has 2 nitrogen and oxygen atoms in total. The van der Waals surface area contributed by atoms with Crippen LogP contribution in [0.1, 0.15) is 22.7 Å². The summed E-state index contributed by atoms with van der Waals surface area (Å²) in [6, 6.07) is 6.72. The Morgan fingerprint density at radius 2 is 2.28 bits per heavy atom. The number of benzene rings is 1. The Kier molecular flexibility index (Phi) is 4.84. The van der Waals surface area contributed by atoms with Crippen LogP contribution in [0, 0.1) is 5.82 Å². The molecule has 2 aromatic rings. The van der Waals surface area contributed by atoms with E-state index in [-0.39, 0.29) is 5.82 Å². The highest BCUT2D eigenvalue weighted by molar-refractivity contribution is 7.09. The molecular formula is C14H17FN2S. The first-order valence-corrected chi connectivity index (χ1v) is 6.98. The molecule has 1 aromatic heterocycles. The molecule has 0 saturated carbocycles. The summed E-state index contributed by atoms with van der Waals surface area (Å²) in [5, 5.41) is 6.28. The summed E-state index contributed by atoms with van der Waals surface area (Å²) >= 11 is 1.65. The van der Waals surface area contributed by atoms with E-state index in [4.69, 9.17) is 0 Å². The summed E-state index contributed by atoms with van der Waals surface area (Å²) < 4.78 is 13.1. The average Bonchev–Trinajstić information content (AvgIpc) is 2.77. The number of hydrogen-bond donors (Lipinski definition) is 1. The van der Waals surface area contributed by atoms with Gasteiger partial charge in [0.25, 0.3) is 0 Å². The molecule has 0 atom stereocenters. The van der Waals surface area contributed by atoms with Gasteiger partial charge in [-0.05, 0) is 44.1 Å². The Labute approximate surface area is 111 Å². The lowest BCUT2D eigenvalue weighted by Crippen LogP contribution is -2.08. The van der Waals surface area contributed by atoms with Crippen molar-refractivity contribution in [1.82, 2.24) is 10.3 Å². The maximum absolute atomic E-state index is 13.1. The first-order valence-electron chi connectivity index (χ1n) is 6.10. The predicted molar refractivity (Wildman–Crippen MR) is 73.6 cm³/mol. The lowest BCUT2D eigenvalue weighted by Gasteiger charge is -1.98. The predicted octanol–water partition coefficient (Wildman–Crippen LogP) is 3.03.